The first-order chi connectivity index (χ1) is 9.22. The Balaban J connectivity index is 1.51. The molecule has 1 aliphatic carbocycles. The molecule has 2 heterocycles. The van der Waals surface area contributed by atoms with Gasteiger partial charge < -0.3 is 10.2 Å². The predicted molar refractivity (Wildman–Crippen MR) is 69.3 cm³/mol. The highest BCUT2D eigenvalue weighted by Crippen LogP contribution is 2.29. The molecule has 1 saturated carbocycles. The number of hydrogen-bond donors (Lipinski definition) is 1. The number of nitrogens with zero attached hydrogens (tertiary/aromatic N) is 2. The molecule has 1 aromatic rings. The van der Waals surface area contributed by atoms with Crippen LogP contribution in [0.4, 0.5) is 4.39 Å². The first-order valence-corrected chi connectivity index (χ1v) is 6.89. The topological polar surface area (TPSA) is 45.2 Å². The van der Waals surface area contributed by atoms with Crippen molar-refractivity contribution in [3.8, 4) is 0 Å². The van der Waals surface area contributed by atoms with Gasteiger partial charge in [0.05, 0.1) is 5.56 Å². The summed E-state index contributed by atoms with van der Waals surface area (Å²) in [5.41, 5.74) is 0.422. The van der Waals surface area contributed by atoms with Gasteiger partial charge in [0.25, 0.3) is 5.91 Å². The van der Waals surface area contributed by atoms with Gasteiger partial charge in [-0.25, -0.2) is 4.98 Å². The van der Waals surface area contributed by atoms with Crippen molar-refractivity contribution in [2.75, 3.05) is 13.1 Å². The number of rotatable bonds is 3. The molecule has 1 amide bonds. The minimum absolute atomic E-state index is 0.155. The largest absolute Gasteiger partial charge is 0.349 e. The second-order valence-electron chi connectivity index (χ2n) is 5.38. The Hall–Kier alpha value is -1.49. The van der Waals surface area contributed by atoms with Gasteiger partial charge in [-0.3, -0.25) is 4.79 Å². The Labute approximate surface area is 112 Å². The molecule has 1 aromatic heterocycles. The third-order valence-corrected chi connectivity index (χ3v) is 3.92. The van der Waals surface area contributed by atoms with Crippen LogP contribution in [-0.2, 0) is 0 Å². The number of halogens is 1. The molecular weight excluding hydrogens is 245 g/mol. The molecule has 5 heteroatoms. The number of likely N-dealkylation sites (tertiary alicyclic amines) is 1. The van der Waals surface area contributed by atoms with Gasteiger partial charge in [0.1, 0.15) is 0 Å². The van der Waals surface area contributed by atoms with Crippen LogP contribution >= 0.6 is 0 Å². The Morgan fingerprint density at radius 3 is 2.58 bits per heavy atom. The number of amides is 1. The fourth-order valence-electron chi connectivity index (χ4n) is 2.63. The fourth-order valence-corrected chi connectivity index (χ4v) is 2.63. The Morgan fingerprint density at radius 1 is 1.26 bits per heavy atom. The minimum Gasteiger partial charge on any atom is -0.349 e. The lowest BCUT2D eigenvalue weighted by molar-refractivity contribution is 0.0908. The standard InChI is InChI=1S/C14H18FN3O/c15-13-4-1-10(9-16-13)14(19)17-11-5-7-18(8-6-11)12-2-3-12/h1,4,9,11-12H,2-3,5-8H2,(H,17,19). The zero-order chi connectivity index (χ0) is 13.2. The molecule has 1 saturated heterocycles. The highest BCUT2D eigenvalue weighted by Gasteiger charge is 2.32. The van der Waals surface area contributed by atoms with Gasteiger partial charge in [-0.15, -0.1) is 0 Å². The number of nitrogens with one attached hydrogen (secondary N) is 1. The van der Waals surface area contributed by atoms with Crippen LogP contribution in [-0.4, -0.2) is 41.0 Å². The highest BCUT2D eigenvalue weighted by atomic mass is 19.1. The van der Waals surface area contributed by atoms with Gasteiger partial charge in [0.2, 0.25) is 5.95 Å². The number of piperidine rings is 1. The Kier molecular flexibility index (Phi) is 3.46. The molecule has 0 unspecified atom stereocenters. The first kappa shape index (κ1) is 12.5. The quantitative estimate of drug-likeness (QED) is 0.842. The summed E-state index contributed by atoms with van der Waals surface area (Å²) in [7, 11) is 0. The summed E-state index contributed by atoms with van der Waals surface area (Å²) < 4.78 is 12.7. The van der Waals surface area contributed by atoms with Crippen molar-refractivity contribution in [3.63, 3.8) is 0 Å². The van der Waals surface area contributed by atoms with Crippen LogP contribution in [0.5, 0.6) is 0 Å². The van der Waals surface area contributed by atoms with E-state index in [1.807, 2.05) is 0 Å². The molecule has 0 aromatic carbocycles. The number of pyridine rings is 1. The lowest BCUT2D eigenvalue weighted by Gasteiger charge is -2.32. The van der Waals surface area contributed by atoms with Gasteiger partial charge in [-0.2, -0.15) is 4.39 Å². The van der Waals surface area contributed by atoms with E-state index >= 15 is 0 Å². The van der Waals surface area contributed by atoms with E-state index in [9.17, 15) is 9.18 Å². The van der Waals surface area contributed by atoms with Crippen LogP contribution < -0.4 is 5.32 Å². The zero-order valence-corrected chi connectivity index (χ0v) is 10.8. The first-order valence-electron chi connectivity index (χ1n) is 6.89. The van der Waals surface area contributed by atoms with E-state index in [4.69, 9.17) is 0 Å². The highest BCUT2D eigenvalue weighted by molar-refractivity contribution is 5.94. The van der Waals surface area contributed by atoms with Crippen molar-refractivity contribution in [1.82, 2.24) is 15.2 Å². The van der Waals surface area contributed by atoms with E-state index < -0.39 is 5.95 Å². The second-order valence-corrected chi connectivity index (χ2v) is 5.38. The summed E-state index contributed by atoms with van der Waals surface area (Å²) in [6.45, 7) is 2.13. The fraction of sp³-hybridized carbons (Fsp3) is 0.571. The van der Waals surface area contributed by atoms with Crippen LogP contribution in [0.3, 0.4) is 0 Å². The molecule has 0 bridgehead atoms. The van der Waals surface area contributed by atoms with E-state index in [2.05, 4.69) is 15.2 Å². The molecule has 102 valence electrons. The Bertz CT molecular complexity index is 450. The lowest BCUT2D eigenvalue weighted by Crippen LogP contribution is -2.45. The van der Waals surface area contributed by atoms with E-state index in [1.165, 1.54) is 31.2 Å². The average Bonchev–Trinajstić information content (AvgIpc) is 3.25. The normalized spacial score (nSPS) is 21.3. The number of carbonyl (C=O) groups is 1. The van der Waals surface area contributed by atoms with E-state index in [-0.39, 0.29) is 11.9 Å². The van der Waals surface area contributed by atoms with Gasteiger partial charge in [-0.1, -0.05) is 0 Å². The van der Waals surface area contributed by atoms with E-state index in [0.717, 1.165) is 32.0 Å². The SMILES string of the molecule is O=C(NC1CCN(C2CC2)CC1)c1ccc(F)nc1. The lowest BCUT2D eigenvalue weighted by atomic mass is 10.0. The van der Waals surface area contributed by atoms with Crippen LogP contribution in [0.15, 0.2) is 18.3 Å². The maximum atomic E-state index is 12.7. The molecule has 2 fully saturated rings. The number of aromatic nitrogens is 1. The maximum Gasteiger partial charge on any atom is 0.253 e. The third-order valence-electron chi connectivity index (χ3n) is 3.92. The maximum absolute atomic E-state index is 12.7. The van der Waals surface area contributed by atoms with Crippen molar-refractivity contribution >= 4 is 5.91 Å². The summed E-state index contributed by atoms with van der Waals surface area (Å²) in [4.78, 5) is 18.0. The van der Waals surface area contributed by atoms with Crippen LogP contribution in [0.25, 0.3) is 0 Å². The molecule has 1 N–H and O–H groups in total. The molecule has 1 aliphatic heterocycles. The molecule has 0 radical (unpaired) electrons. The van der Waals surface area contributed by atoms with Crippen molar-refractivity contribution in [2.24, 2.45) is 0 Å². The molecule has 2 aliphatic rings. The Morgan fingerprint density at radius 2 is 2.00 bits per heavy atom. The molecule has 0 spiro atoms. The van der Waals surface area contributed by atoms with E-state index in [0.29, 0.717) is 5.56 Å². The van der Waals surface area contributed by atoms with Crippen LogP contribution in [0, 0.1) is 5.95 Å². The minimum atomic E-state index is -0.561. The summed E-state index contributed by atoms with van der Waals surface area (Å²) in [5, 5.41) is 3.01. The van der Waals surface area contributed by atoms with Crippen molar-refractivity contribution < 1.29 is 9.18 Å². The van der Waals surface area contributed by atoms with E-state index in [1.54, 1.807) is 0 Å². The zero-order valence-electron chi connectivity index (χ0n) is 10.8. The summed E-state index contributed by atoms with van der Waals surface area (Å²) >= 11 is 0. The van der Waals surface area contributed by atoms with Gasteiger partial charge in [-0.05, 0) is 37.8 Å². The smallest absolute Gasteiger partial charge is 0.253 e. The monoisotopic (exact) mass is 263 g/mol. The molecular formula is C14H18FN3O. The van der Waals surface area contributed by atoms with Gasteiger partial charge in [0, 0.05) is 31.4 Å². The predicted octanol–water partition coefficient (Wildman–Crippen LogP) is 1.58. The molecule has 3 rings (SSSR count). The number of carbonyl (C=O) groups excluding carboxylic acids is 1. The molecule has 19 heavy (non-hydrogen) atoms. The third kappa shape index (κ3) is 3.10. The second kappa shape index (κ2) is 5.25. The summed E-state index contributed by atoms with van der Waals surface area (Å²) in [5.74, 6) is -0.716. The molecule has 0 atom stereocenters. The average molecular weight is 263 g/mol. The van der Waals surface area contributed by atoms with Gasteiger partial charge >= 0.3 is 0 Å². The molecule has 4 nitrogen and oxygen atoms in total. The van der Waals surface area contributed by atoms with Crippen molar-refractivity contribution in [1.29, 1.82) is 0 Å². The summed E-state index contributed by atoms with van der Waals surface area (Å²) in [6, 6.07) is 3.72. The van der Waals surface area contributed by atoms with Crippen LogP contribution in [0.1, 0.15) is 36.0 Å². The number of hydrogen-bond acceptors (Lipinski definition) is 3. The van der Waals surface area contributed by atoms with Crippen molar-refractivity contribution in [3.05, 3.63) is 29.8 Å². The van der Waals surface area contributed by atoms with Crippen molar-refractivity contribution in [2.45, 2.75) is 37.8 Å². The van der Waals surface area contributed by atoms with Gasteiger partial charge in [0.15, 0.2) is 0 Å². The summed E-state index contributed by atoms with van der Waals surface area (Å²) in [6.07, 6.45) is 5.94. The van der Waals surface area contributed by atoms with Crippen LogP contribution in [0.2, 0.25) is 0 Å².